The van der Waals surface area contributed by atoms with Crippen LogP contribution in [0.25, 0.3) is 0 Å². The average Bonchev–Trinajstić information content (AvgIpc) is 3.79. The predicted octanol–water partition coefficient (Wildman–Crippen LogP) is 0.756. The Bertz CT molecular complexity index is 964. The Kier molecular flexibility index (Phi) is 12.9. The van der Waals surface area contributed by atoms with Gasteiger partial charge < -0.3 is 55.3 Å². The van der Waals surface area contributed by atoms with Crippen molar-refractivity contribution >= 4 is 5.97 Å². The third-order valence-electron chi connectivity index (χ3n) is 10.7. The van der Waals surface area contributed by atoms with Crippen LogP contribution in [-0.2, 0) is 19.0 Å². The number of hydrogen-bond acceptors (Lipinski definition) is 12. The standard InChI is InChI=1S/C33H63N3O9/c1-11-25-32(8,41)27(38)22(6)34-16-18(2)15-31(7,40)28(45-30-26(37)24(36(9)10)14-19(3)43-30)20(4)33(42,17-35-23-12-13-23)21(5)29(39)44-25/h18-28,30,34-35,37-38,40-42H,11-17H2,1-10H3/t18-,19-,20-,21?,22-,24+,25-,26-,27-,28-,30+,31+,32-,33-/m1/s1. The third kappa shape index (κ3) is 8.95. The number of aliphatic hydroxyl groups is 5. The third-order valence-corrected chi connectivity index (χ3v) is 10.7. The van der Waals surface area contributed by atoms with Crippen LogP contribution >= 0.6 is 0 Å². The quantitative estimate of drug-likeness (QED) is 0.194. The topological polar surface area (TPSA) is 173 Å². The number of ether oxygens (including phenoxy) is 3. The number of nitrogens with one attached hydrogen (secondary N) is 2. The summed E-state index contributed by atoms with van der Waals surface area (Å²) in [6.07, 6.45) is -2.77. The number of rotatable bonds is 7. The second-order valence-electron chi connectivity index (χ2n) is 15.2. The summed E-state index contributed by atoms with van der Waals surface area (Å²) in [6.45, 7) is 14.2. The summed E-state index contributed by atoms with van der Waals surface area (Å²) in [4.78, 5) is 15.8. The minimum Gasteiger partial charge on any atom is -0.459 e. The van der Waals surface area contributed by atoms with E-state index in [1.807, 2.05) is 32.8 Å². The molecule has 0 aromatic carbocycles. The van der Waals surface area contributed by atoms with Gasteiger partial charge in [0.2, 0.25) is 0 Å². The lowest BCUT2D eigenvalue weighted by atomic mass is 9.70. The van der Waals surface area contributed by atoms with Crippen LogP contribution < -0.4 is 10.6 Å². The van der Waals surface area contributed by atoms with E-state index in [0.29, 0.717) is 13.0 Å². The van der Waals surface area contributed by atoms with Crippen molar-refractivity contribution in [3.05, 3.63) is 0 Å². The van der Waals surface area contributed by atoms with Crippen LogP contribution in [0.4, 0.5) is 0 Å². The van der Waals surface area contributed by atoms with Crippen LogP contribution in [0.15, 0.2) is 0 Å². The monoisotopic (exact) mass is 645 g/mol. The van der Waals surface area contributed by atoms with E-state index in [1.54, 1.807) is 34.6 Å². The SMILES string of the molecule is CC[C@H]1OC(=O)C(C)[C@@](O)(CNC2CC2)[C@H](C)[C@@H](O[C@@H]2O[C@H](C)C[C@H](N(C)C)[C@H]2O)[C@@](C)(O)C[C@@H](C)CN[C@H](C)[C@@H](O)[C@]1(C)O. The number of carbonyl (C=O) groups is 1. The normalized spacial score (nSPS) is 48.0. The molecule has 3 aliphatic rings. The van der Waals surface area contributed by atoms with Gasteiger partial charge in [-0.05, 0) is 93.3 Å². The number of nitrogens with zero attached hydrogens (tertiary/aromatic N) is 1. The summed E-state index contributed by atoms with van der Waals surface area (Å²) < 4.78 is 18.6. The average molecular weight is 646 g/mol. The Labute approximate surface area is 270 Å². The molecule has 0 bridgehead atoms. The molecule has 1 unspecified atom stereocenters. The highest BCUT2D eigenvalue weighted by molar-refractivity contribution is 5.74. The molecule has 2 heterocycles. The maximum atomic E-state index is 13.8. The molecule has 14 atom stereocenters. The number of hydrogen-bond donors (Lipinski definition) is 7. The lowest BCUT2D eigenvalue weighted by Gasteiger charge is -2.49. The van der Waals surface area contributed by atoms with Gasteiger partial charge in [0.05, 0.1) is 29.3 Å². The second kappa shape index (κ2) is 15.1. The minimum absolute atomic E-state index is 0.0276. The van der Waals surface area contributed by atoms with Crippen molar-refractivity contribution in [1.29, 1.82) is 0 Å². The van der Waals surface area contributed by atoms with Gasteiger partial charge in [-0.2, -0.15) is 0 Å². The first-order valence-electron chi connectivity index (χ1n) is 16.9. The summed E-state index contributed by atoms with van der Waals surface area (Å²) in [7, 11) is 3.77. The van der Waals surface area contributed by atoms with Crippen molar-refractivity contribution in [2.45, 2.75) is 159 Å². The molecule has 12 nitrogen and oxygen atoms in total. The van der Waals surface area contributed by atoms with E-state index in [-0.39, 0.29) is 43.5 Å². The van der Waals surface area contributed by atoms with Crippen LogP contribution in [0.2, 0.25) is 0 Å². The number of cyclic esters (lactones) is 1. The van der Waals surface area contributed by atoms with Gasteiger partial charge in [-0.15, -0.1) is 0 Å². The molecule has 0 aromatic rings. The molecule has 0 spiro atoms. The predicted molar refractivity (Wildman–Crippen MR) is 170 cm³/mol. The molecule has 0 amide bonds. The fourth-order valence-electron chi connectivity index (χ4n) is 7.32. The fourth-order valence-corrected chi connectivity index (χ4v) is 7.32. The highest BCUT2D eigenvalue weighted by atomic mass is 16.7. The summed E-state index contributed by atoms with van der Waals surface area (Å²) >= 11 is 0. The maximum absolute atomic E-state index is 13.8. The molecule has 7 N–H and O–H groups in total. The van der Waals surface area contributed by atoms with Gasteiger partial charge in [-0.25, -0.2) is 0 Å². The zero-order chi connectivity index (χ0) is 34.1. The van der Waals surface area contributed by atoms with Gasteiger partial charge in [0.1, 0.15) is 23.9 Å². The summed E-state index contributed by atoms with van der Waals surface area (Å²) in [5.74, 6) is -2.85. The zero-order valence-electron chi connectivity index (χ0n) is 29.2. The lowest BCUT2D eigenvalue weighted by Crippen LogP contribution is -2.64. The summed E-state index contributed by atoms with van der Waals surface area (Å²) in [6, 6.07) is -0.609. The molecular weight excluding hydrogens is 582 g/mol. The van der Waals surface area contributed by atoms with E-state index < -0.39 is 71.4 Å². The fraction of sp³-hybridized carbons (Fsp3) is 0.970. The smallest absolute Gasteiger partial charge is 0.312 e. The van der Waals surface area contributed by atoms with Gasteiger partial charge in [0, 0.05) is 30.6 Å². The first-order chi connectivity index (χ1) is 20.8. The highest BCUT2D eigenvalue weighted by Gasteiger charge is 2.55. The number of carbonyl (C=O) groups excluding carboxylic acids is 1. The molecule has 0 aromatic heterocycles. The van der Waals surface area contributed by atoms with Gasteiger partial charge >= 0.3 is 5.97 Å². The molecule has 0 radical (unpaired) electrons. The molecule has 264 valence electrons. The van der Waals surface area contributed by atoms with Gasteiger partial charge in [-0.3, -0.25) is 4.79 Å². The Hall–Kier alpha value is -0.930. The van der Waals surface area contributed by atoms with Gasteiger partial charge in [0.15, 0.2) is 6.29 Å². The number of aliphatic hydroxyl groups excluding tert-OH is 2. The molecule has 2 aliphatic heterocycles. The number of likely N-dealkylation sites (N-methyl/N-ethyl adjacent to an activating group) is 1. The van der Waals surface area contributed by atoms with E-state index in [0.717, 1.165) is 12.8 Å². The molecule has 45 heavy (non-hydrogen) atoms. The van der Waals surface area contributed by atoms with Gasteiger partial charge in [0.25, 0.3) is 0 Å². The number of esters is 1. The zero-order valence-corrected chi connectivity index (χ0v) is 29.2. The van der Waals surface area contributed by atoms with Crippen molar-refractivity contribution in [1.82, 2.24) is 15.5 Å². The minimum atomic E-state index is -1.78. The van der Waals surface area contributed by atoms with Crippen molar-refractivity contribution < 1.29 is 44.5 Å². The van der Waals surface area contributed by atoms with E-state index >= 15 is 0 Å². The van der Waals surface area contributed by atoms with Crippen LogP contribution in [0.1, 0.15) is 87.5 Å². The Morgan fingerprint density at radius 3 is 2.24 bits per heavy atom. The van der Waals surface area contributed by atoms with Crippen molar-refractivity contribution in [3.63, 3.8) is 0 Å². The van der Waals surface area contributed by atoms with Crippen LogP contribution in [0, 0.1) is 17.8 Å². The Balaban J connectivity index is 2.09. The van der Waals surface area contributed by atoms with Crippen molar-refractivity contribution in [2.24, 2.45) is 17.8 Å². The molecule has 1 saturated carbocycles. The first-order valence-corrected chi connectivity index (χ1v) is 16.9. The van der Waals surface area contributed by atoms with Gasteiger partial charge in [-0.1, -0.05) is 20.8 Å². The van der Waals surface area contributed by atoms with Crippen molar-refractivity contribution in [2.75, 3.05) is 27.2 Å². The van der Waals surface area contributed by atoms with E-state index in [4.69, 9.17) is 14.2 Å². The molecule has 2 saturated heterocycles. The molecule has 3 fully saturated rings. The van der Waals surface area contributed by atoms with Crippen molar-refractivity contribution in [3.8, 4) is 0 Å². The lowest BCUT2D eigenvalue weighted by molar-refractivity contribution is -0.304. The summed E-state index contributed by atoms with van der Waals surface area (Å²) in [5.41, 5.74) is -5.10. The highest BCUT2D eigenvalue weighted by Crippen LogP contribution is 2.40. The first kappa shape index (κ1) is 38.5. The van der Waals surface area contributed by atoms with E-state index in [2.05, 4.69) is 10.6 Å². The maximum Gasteiger partial charge on any atom is 0.312 e. The second-order valence-corrected chi connectivity index (χ2v) is 15.2. The van der Waals surface area contributed by atoms with E-state index in [1.165, 1.54) is 6.92 Å². The van der Waals surface area contributed by atoms with Crippen LogP contribution in [-0.4, -0.2) is 135 Å². The molecule has 1 aliphatic carbocycles. The Morgan fingerprint density at radius 1 is 1.07 bits per heavy atom. The molecular formula is C33H63N3O9. The van der Waals surface area contributed by atoms with Crippen LogP contribution in [0.3, 0.4) is 0 Å². The summed E-state index contributed by atoms with van der Waals surface area (Å²) in [5, 5.41) is 65.4. The molecule has 12 heteroatoms. The largest absolute Gasteiger partial charge is 0.459 e. The van der Waals surface area contributed by atoms with E-state index in [9.17, 15) is 30.3 Å². The molecule has 3 rings (SSSR count). The Morgan fingerprint density at radius 2 is 1.69 bits per heavy atom. The van der Waals surface area contributed by atoms with Crippen LogP contribution in [0.5, 0.6) is 0 Å².